The van der Waals surface area contributed by atoms with E-state index in [0.717, 1.165) is 47.2 Å². The van der Waals surface area contributed by atoms with Gasteiger partial charge in [0, 0.05) is 23.8 Å². The summed E-state index contributed by atoms with van der Waals surface area (Å²) >= 11 is 0. The van der Waals surface area contributed by atoms with E-state index in [1.165, 1.54) is 0 Å². The summed E-state index contributed by atoms with van der Waals surface area (Å²) in [5.41, 5.74) is 3.73. The van der Waals surface area contributed by atoms with Crippen molar-refractivity contribution in [3.63, 3.8) is 0 Å². The molecule has 3 aliphatic heterocycles. The molecular weight excluding hydrogens is 378 g/mol. The standard InChI is InChI=1S/C23H23N5O2/c29-21(24-12-14-7-8-19-20(10-14)26-13-25-19)17-11-15-4-3-9-28(15)23(17)16-5-1-2-6-18(16)27-22(23)30/h1-2,5-8,10,13,15,17H,3-4,9,11-12H2,(H,24,29)(H,25,26)(H,27,30)/t15-,17-,23+/m1/s1. The number of aromatic amines is 1. The molecule has 2 aromatic carbocycles. The summed E-state index contributed by atoms with van der Waals surface area (Å²) in [7, 11) is 0. The quantitative estimate of drug-likeness (QED) is 0.629. The van der Waals surface area contributed by atoms with Crippen molar-refractivity contribution >= 4 is 28.5 Å². The van der Waals surface area contributed by atoms with Crippen LogP contribution >= 0.6 is 0 Å². The Morgan fingerprint density at radius 2 is 2.17 bits per heavy atom. The molecule has 2 fully saturated rings. The first-order valence-corrected chi connectivity index (χ1v) is 10.6. The Morgan fingerprint density at radius 1 is 1.27 bits per heavy atom. The Kier molecular flexibility index (Phi) is 3.77. The average Bonchev–Trinajstić information content (AvgIpc) is 3.51. The van der Waals surface area contributed by atoms with Crippen molar-refractivity contribution in [3.05, 3.63) is 59.9 Å². The van der Waals surface area contributed by atoms with Crippen molar-refractivity contribution in [1.29, 1.82) is 0 Å². The topological polar surface area (TPSA) is 90.1 Å². The van der Waals surface area contributed by atoms with Gasteiger partial charge in [-0.2, -0.15) is 0 Å². The van der Waals surface area contributed by atoms with E-state index in [4.69, 9.17) is 0 Å². The van der Waals surface area contributed by atoms with Gasteiger partial charge >= 0.3 is 0 Å². The lowest BCUT2D eigenvalue weighted by Gasteiger charge is -2.36. The van der Waals surface area contributed by atoms with Crippen molar-refractivity contribution in [1.82, 2.24) is 20.2 Å². The predicted molar refractivity (Wildman–Crippen MR) is 113 cm³/mol. The van der Waals surface area contributed by atoms with E-state index in [2.05, 4.69) is 25.5 Å². The van der Waals surface area contributed by atoms with Gasteiger partial charge in [-0.1, -0.05) is 24.3 Å². The van der Waals surface area contributed by atoms with E-state index in [1.54, 1.807) is 6.33 Å². The number of aromatic nitrogens is 2. The van der Waals surface area contributed by atoms with E-state index in [9.17, 15) is 9.59 Å². The van der Waals surface area contributed by atoms with E-state index >= 15 is 0 Å². The molecule has 0 aliphatic carbocycles. The molecule has 3 aromatic rings. The predicted octanol–water partition coefficient (Wildman–Crippen LogP) is 2.51. The third-order valence-corrected chi connectivity index (χ3v) is 7.04. The summed E-state index contributed by atoms with van der Waals surface area (Å²) in [5, 5.41) is 6.16. The normalized spacial score (nSPS) is 27.4. The van der Waals surface area contributed by atoms with Gasteiger partial charge in [0.2, 0.25) is 11.8 Å². The first-order chi connectivity index (χ1) is 14.7. The van der Waals surface area contributed by atoms with Gasteiger partial charge < -0.3 is 15.6 Å². The number of fused-ring (bicyclic) bond motifs is 5. The minimum absolute atomic E-state index is 0.0547. The molecule has 0 unspecified atom stereocenters. The number of anilines is 1. The molecule has 0 saturated carbocycles. The molecule has 1 spiro atoms. The zero-order valence-corrected chi connectivity index (χ0v) is 16.5. The SMILES string of the molecule is O=C(NCc1ccc2nc[nH]c2c1)[C@H]1C[C@H]2CCCN2[C@]12C(=O)Nc1ccccc12. The van der Waals surface area contributed by atoms with Crippen LogP contribution in [0.3, 0.4) is 0 Å². The summed E-state index contributed by atoms with van der Waals surface area (Å²) < 4.78 is 0. The van der Waals surface area contributed by atoms with E-state index in [0.29, 0.717) is 13.0 Å². The molecule has 6 rings (SSSR count). The van der Waals surface area contributed by atoms with E-state index < -0.39 is 11.5 Å². The third-order valence-electron chi connectivity index (χ3n) is 7.04. The Labute approximate surface area is 173 Å². The van der Waals surface area contributed by atoms with Gasteiger partial charge in [0.15, 0.2) is 0 Å². The maximum absolute atomic E-state index is 13.4. The maximum atomic E-state index is 13.4. The molecule has 7 heteroatoms. The van der Waals surface area contributed by atoms with Crippen LogP contribution in [0.15, 0.2) is 48.8 Å². The molecule has 4 heterocycles. The number of hydrogen-bond donors (Lipinski definition) is 3. The molecule has 30 heavy (non-hydrogen) atoms. The number of nitrogens with zero attached hydrogens (tertiary/aromatic N) is 2. The lowest BCUT2D eigenvalue weighted by molar-refractivity contribution is -0.137. The van der Waals surface area contributed by atoms with Crippen LogP contribution in [0.25, 0.3) is 11.0 Å². The van der Waals surface area contributed by atoms with Gasteiger partial charge in [0.05, 0.1) is 23.3 Å². The second kappa shape index (κ2) is 6.40. The van der Waals surface area contributed by atoms with Gasteiger partial charge in [-0.25, -0.2) is 4.98 Å². The fraction of sp³-hybridized carbons (Fsp3) is 0.348. The van der Waals surface area contributed by atoms with Crippen LogP contribution in [0, 0.1) is 5.92 Å². The fourth-order valence-electron chi connectivity index (χ4n) is 5.79. The van der Waals surface area contributed by atoms with Crippen LogP contribution in [0.1, 0.15) is 30.4 Å². The van der Waals surface area contributed by atoms with Crippen molar-refractivity contribution < 1.29 is 9.59 Å². The molecule has 3 aliphatic rings. The highest BCUT2D eigenvalue weighted by Crippen LogP contribution is 2.55. The highest BCUT2D eigenvalue weighted by Gasteiger charge is 2.65. The first kappa shape index (κ1) is 17.7. The Morgan fingerprint density at radius 3 is 3.10 bits per heavy atom. The number of H-pyrrole nitrogens is 1. The number of hydrogen-bond acceptors (Lipinski definition) is 4. The van der Waals surface area contributed by atoms with Crippen LogP contribution in [-0.4, -0.2) is 39.3 Å². The molecule has 0 bridgehead atoms. The maximum Gasteiger partial charge on any atom is 0.250 e. The number of carbonyl (C=O) groups is 2. The third kappa shape index (κ3) is 2.32. The van der Waals surface area contributed by atoms with Gasteiger partial charge in [-0.3, -0.25) is 14.5 Å². The van der Waals surface area contributed by atoms with Crippen molar-refractivity contribution in [2.24, 2.45) is 5.92 Å². The van der Waals surface area contributed by atoms with Gasteiger partial charge in [-0.05, 0) is 49.6 Å². The minimum atomic E-state index is -0.894. The fourth-order valence-corrected chi connectivity index (χ4v) is 5.79. The summed E-state index contributed by atoms with van der Waals surface area (Å²) in [5.74, 6) is -0.518. The monoisotopic (exact) mass is 401 g/mol. The van der Waals surface area contributed by atoms with Crippen molar-refractivity contribution in [3.8, 4) is 0 Å². The molecule has 7 nitrogen and oxygen atoms in total. The van der Waals surface area contributed by atoms with Crippen LogP contribution < -0.4 is 10.6 Å². The minimum Gasteiger partial charge on any atom is -0.352 e. The first-order valence-electron chi connectivity index (χ1n) is 10.6. The zero-order valence-electron chi connectivity index (χ0n) is 16.5. The van der Waals surface area contributed by atoms with Crippen LogP contribution in [0.2, 0.25) is 0 Å². The number of amides is 2. The lowest BCUT2D eigenvalue weighted by Crippen LogP contribution is -2.54. The Hall–Kier alpha value is -3.19. The Bertz CT molecular complexity index is 1170. The number of carbonyl (C=O) groups excluding carboxylic acids is 2. The second-order valence-corrected chi connectivity index (χ2v) is 8.52. The summed E-state index contributed by atoms with van der Waals surface area (Å²) in [4.78, 5) is 36.4. The van der Waals surface area contributed by atoms with Gasteiger partial charge in [-0.15, -0.1) is 0 Å². The summed E-state index contributed by atoms with van der Waals surface area (Å²) in [6.45, 7) is 1.28. The number of rotatable bonds is 3. The van der Waals surface area contributed by atoms with Crippen LogP contribution in [0.5, 0.6) is 0 Å². The smallest absolute Gasteiger partial charge is 0.250 e. The van der Waals surface area contributed by atoms with Crippen LogP contribution in [0.4, 0.5) is 5.69 Å². The number of para-hydroxylation sites is 1. The van der Waals surface area contributed by atoms with Crippen molar-refractivity contribution in [2.45, 2.75) is 37.4 Å². The Balaban J connectivity index is 1.32. The highest BCUT2D eigenvalue weighted by molar-refractivity contribution is 6.09. The molecule has 152 valence electrons. The van der Waals surface area contributed by atoms with E-state index in [-0.39, 0.29) is 17.9 Å². The molecule has 3 N–H and O–H groups in total. The van der Waals surface area contributed by atoms with Gasteiger partial charge in [0.25, 0.3) is 0 Å². The number of nitrogens with one attached hydrogen (secondary N) is 3. The largest absolute Gasteiger partial charge is 0.352 e. The number of benzene rings is 2. The molecule has 2 amide bonds. The van der Waals surface area contributed by atoms with Gasteiger partial charge in [0.1, 0.15) is 5.54 Å². The molecule has 0 radical (unpaired) electrons. The lowest BCUT2D eigenvalue weighted by atomic mass is 9.78. The summed E-state index contributed by atoms with van der Waals surface area (Å²) in [6, 6.07) is 14.0. The average molecular weight is 401 g/mol. The molecule has 1 aromatic heterocycles. The van der Waals surface area contributed by atoms with Crippen molar-refractivity contribution in [2.75, 3.05) is 11.9 Å². The highest BCUT2D eigenvalue weighted by atomic mass is 16.2. The molecule has 3 atom stereocenters. The van der Waals surface area contributed by atoms with E-state index in [1.807, 2.05) is 42.5 Å². The second-order valence-electron chi connectivity index (χ2n) is 8.52. The molecular formula is C23H23N5O2. The number of imidazole rings is 1. The van der Waals surface area contributed by atoms with Crippen LogP contribution in [-0.2, 0) is 21.7 Å². The molecule has 2 saturated heterocycles. The zero-order chi connectivity index (χ0) is 20.3. The summed E-state index contributed by atoms with van der Waals surface area (Å²) in [6.07, 6.45) is 4.49.